The van der Waals surface area contributed by atoms with E-state index >= 15 is 0 Å². The Labute approximate surface area is 128 Å². The fraction of sp³-hybridized carbons (Fsp3) is 0.267. The largest absolute Gasteiger partial charge is 0.347 e. The summed E-state index contributed by atoms with van der Waals surface area (Å²) in [7, 11) is 4.03. The molecule has 0 aliphatic rings. The Balaban J connectivity index is 2.02. The first-order chi connectivity index (χ1) is 10.1. The lowest BCUT2D eigenvalue weighted by Crippen LogP contribution is -2.25. The molecule has 21 heavy (non-hydrogen) atoms. The summed E-state index contributed by atoms with van der Waals surface area (Å²) in [6.45, 7) is 1.28. The summed E-state index contributed by atoms with van der Waals surface area (Å²) >= 11 is 5.65. The molecule has 0 unspecified atom stereocenters. The molecule has 1 aromatic carbocycles. The quantitative estimate of drug-likeness (QED) is 0.919. The van der Waals surface area contributed by atoms with Gasteiger partial charge < -0.3 is 10.2 Å². The number of nitrogens with zero attached hydrogens (tertiary/aromatic N) is 3. The number of rotatable bonds is 5. The molecular formula is C15H17ClN4O. The van der Waals surface area contributed by atoms with Crippen molar-refractivity contribution >= 4 is 17.5 Å². The average molecular weight is 305 g/mol. The molecule has 2 rings (SSSR count). The number of aromatic nitrogens is 2. The minimum absolute atomic E-state index is 0.254. The molecule has 1 aromatic heterocycles. The zero-order valence-corrected chi connectivity index (χ0v) is 12.8. The second-order valence-electron chi connectivity index (χ2n) is 4.93. The minimum Gasteiger partial charge on any atom is -0.347 e. The lowest BCUT2D eigenvalue weighted by atomic mass is 10.1. The Morgan fingerprint density at radius 2 is 1.86 bits per heavy atom. The summed E-state index contributed by atoms with van der Waals surface area (Å²) in [4.78, 5) is 14.1. The van der Waals surface area contributed by atoms with E-state index in [9.17, 15) is 4.79 Å². The highest BCUT2D eigenvalue weighted by molar-refractivity contribution is 6.29. The first-order valence-electron chi connectivity index (χ1n) is 6.55. The number of nitrogens with one attached hydrogen (secondary N) is 1. The normalized spacial score (nSPS) is 10.7. The third-order valence-corrected chi connectivity index (χ3v) is 3.11. The molecule has 0 aliphatic heterocycles. The first kappa shape index (κ1) is 15.4. The summed E-state index contributed by atoms with van der Waals surface area (Å²) in [5, 5.41) is 10.5. The summed E-state index contributed by atoms with van der Waals surface area (Å²) in [5.74, 6) is -0.265. The van der Waals surface area contributed by atoms with Crippen molar-refractivity contribution in [3.63, 3.8) is 0 Å². The van der Waals surface area contributed by atoms with Crippen LogP contribution in [-0.4, -0.2) is 35.1 Å². The van der Waals surface area contributed by atoms with Crippen molar-refractivity contribution in [2.75, 3.05) is 14.1 Å². The molecule has 110 valence electrons. The molecule has 5 nitrogen and oxygen atoms in total. The van der Waals surface area contributed by atoms with Gasteiger partial charge >= 0.3 is 0 Å². The topological polar surface area (TPSA) is 58.1 Å². The number of benzene rings is 1. The van der Waals surface area contributed by atoms with E-state index in [-0.39, 0.29) is 16.8 Å². The molecule has 1 N–H and O–H groups in total. The molecule has 0 spiro atoms. The fourth-order valence-corrected chi connectivity index (χ4v) is 2.03. The van der Waals surface area contributed by atoms with Gasteiger partial charge in [0.2, 0.25) is 0 Å². The van der Waals surface area contributed by atoms with Gasteiger partial charge in [-0.2, -0.15) is 0 Å². The molecule has 0 fully saturated rings. The Morgan fingerprint density at radius 3 is 2.48 bits per heavy atom. The van der Waals surface area contributed by atoms with E-state index in [0.29, 0.717) is 6.54 Å². The Morgan fingerprint density at radius 1 is 1.14 bits per heavy atom. The van der Waals surface area contributed by atoms with Crippen molar-refractivity contribution < 1.29 is 4.79 Å². The van der Waals surface area contributed by atoms with Crippen LogP contribution in [0.5, 0.6) is 0 Å². The first-order valence-corrected chi connectivity index (χ1v) is 6.93. The molecule has 1 amide bonds. The van der Waals surface area contributed by atoms with Gasteiger partial charge in [-0.15, -0.1) is 10.2 Å². The Bertz CT molecular complexity index is 613. The minimum atomic E-state index is -0.265. The van der Waals surface area contributed by atoms with Crippen molar-refractivity contribution in [2.45, 2.75) is 13.1 Å². The zero-order chi connectivity index (χ0) is 15.2. The van der Waals surface area contributed by atoms with E-state index in [2.05, 4.69) is 26.5 Å². The van der Waals surface area contributed by atoms with Crippen molar-refractivity contribution in [1.82, 2.24) is 20.4 Å². The van der Waals surface area contributed by atoms with Crippen LogP contribution in [0.15, 0.2) is 36.4 Å². The molecule has 0 aliphatic carbocycles. The standard InChI is InChI=1S/C15H17ClN4O/c1-20(2)10-12-6-4-3-5-11(12)9-17-15(21)13-7-8-14(16)19-18-13/h3-8H,9-10H2,1-2H3,(H,17,21). The van der Waals surface area contributed by atoms with Gasteiger partial charge in [0.15, 0.2) is 10.8 Å². The molecule has 0 saturated carbocycles. The van der Waals surface area contributed by atoms with Crippen LogP contribution in [0.2, 0.25) is 5.15 Å². The van der Waals surface area contributed by atoms with Crippen molar-refractivity contribution in [1.29, 1.82) is 0 Å². The van der Waals surface area contributed by atoms with E-state index in [1.54, 1.807) is 12.1 Å². The lowest BCUT2D eigenvalue weighted by molar-refractivity contribution is 0.0945. The average Bonchev–Trinajstić information content (AvgIpc) is 2.46. The second-order valence-corrected chi connectivity index (χ2v) is 5.32. The summed E-state index contributed by atoms with van der Waals surface area (Å²) in [6.07, 6.45) is 0. The predicted molar refractivity (Wildman–Crippen MR) is 82.0 cm³/mol. The monoisotopic (exact) mass is 304 g/mol. The number of carbonyl (C=O) groups excluding carboxylic acids is 1. The van der Waals surface area contributed by atoms with Crippen LogP contribution in [-0.2, 0) is 13.1 Å². The predicted octanol–water partition coefficient (Wildman–Crippen LogP) is 2.12. The van der Waals surface area contributed by atoms with Gasteiger partial charge in [-0.05, 0) is 37.4 Å². The SMILES string of the molecule is CN(C)Cc1ccccc1CNC(=O)c1ccc(Cl)nn1. The summed E-state index contributed by atoms with van der Waals surface area (Å²) in [5.41, 5.74) is 2.52. The van der Waals surface area contributed by atoms with Crippen LogP contribution in [0, 0.1) is 0 Å². The van der Waals surface area contributed by atoms with Crippen molar-refractivity contribution in [3.05, 3.63) is 58.4 Å². The van der Waals surface area contributed by atoms with Crippen LogP contribution < -0.4 is 5.32 Å². The molecular weight excluding hydrogens is 288 g/mol. The number of hydrogen-bond acceptors (Lipinski definition) is 4. The van der Waals surface area contributed by atoms with Crippen LogP contribution >= 0.6 is 11.6 Å². The van der Waals surface area contributed by atoms with E-state index in [1.807, 2.05) is 32.3 Å². The Kier molecular flexibility index (Phi) is 5.25. The van der Waals surface area contributed by atoms with Gasteiger partial charge in [0.1, 0.15) is 0 Å². The van der Waals surface area contributed by atoms with Crippen molar-refractivity contribution in [3.8, 4) is 0 Å². The number of hydrogen-bond donors (Lipinski definition) is 1. The maximum Gasteiger partial charge on any atom is 0.272 e. The van der Waals surface area contributed by atoms with Gasteiger partial charge in [0, 0.05) is 13.1 Å². The highest BCUT2D eigenvalue weighted by Crippen LogP contribution is 2.10. The third-order valence-electron chi connectivity index (χ3n) is 2.91. The van der Waals surface area contributed by atoms with E-state index < -0.39 is 0 Å². The molecule has 0 saturated heterocycles. The third kappa shape index (κ3) is 4.51. The number of amides is 1. The van der Waals surface area contributed by atoms with Crippen LogP contribution in [0.1, 0.15) is 21.6 Å². The van der Waals surface area contributed by atoms with Crippen LogP contribution in [0.4, 0.5) is 0 Å². The summed E-state index contributed by atoms with van der Waals surface area (Å²) < 4.78 is 0. The number of carbonyl (C=O) groups is 1. The van der Waals surface area contributed by atoms with Crippen molar-refractivity contribution in [2.24, 2.45) is 0 Å². The summed E-state index contributed by atoms with van der Waals surface area (Å²) in [6, 6.07) is 11.1. The smallest absolute Gasteiger partial charge is 0.272 e. The van der Waals surface area contributed by atoms with Gasteiger partial charge in [0.05, 0.1) is 0 Å². The fourth-order valence-electron chi connectivity index (χ4n) is 1.93. The highest BCUT2D eigenvalue weighted by atomic mass is 35.5. The second kappa shape index (κ2) is 7.15. The maximum absolute atomic E-state index is 12.0. The molecule has 0 radical (unpaired) electrons. The molecule has 1 heterocycles. The van der Waals surface area contributed by atoms with Gasteiger partial charge in [-0.3, -0.25) is 4.79 Å². The maximum atomic E-state index is 12.0. The molecule has 0 atom stereocenters. The highest BCUT2D eigenvalue weighted by Gasteiger charge is 2.09. The molecule has 6 heteroatoms. The van der Waals surface area contributed by atoms with E-state index in [0.717, 1.165) is 12.1 Å². The van der Waals surface area contributed by atoms with Gasteiger partial charge in [-0.25, -0.2) is 0 Å². The van der Waals surface area contributed by atoms with Crippen LogP contribution in [0.25, 0.3) is 0 Å². The van der Waals surface area contributed by atoms with Crippen LogP contribution in [0.3, 0.4) is 0 Å². The lowest BCUT2D eigenvalue weighted by Gasteiger charge is -2.14. The van der Waals surface area contributed by atoms with E-state index in [1.165, 1.54) is 5.56 Å². The van der Waals surface area contributed by atoms with E-state index in [4.69, 9.17) is 11.6 Å². The Hall–Kier alpha value is -1.98. The molecule has 0 bridgehead atoms. The zero-order valence-electron chi connectivity index (χ0n) is 12.0. The molecule has 2 aromatic rings. The van der Waals surface area contributed by atoms with Gasteiger partial charge in [0.25, 0.3) is 5.91 Å². The number of halogens is 1. The van der Waals surface area contributed by atoms with Gasteiger partial charge in [-0.1, -0.05) is 35.9 Å².